The molecule has 9 heteroatoms. The molecule has 0 saturated heterocycles. The average Bonchev–Trinajstić information content (AvgIpc) is 2.84. The van der Waals surface area contributed by atoms with Crippen LogP contribution in [0.1, 0.15) is 24.2 Å². The van der Waals surface area contributed by atoms with Gasteiger partial charge < -0.3 is 14.8 Å². The fraction of sp³-hybridized carbons (Fsp3) is 0.200. The van der Waals surface area contributed by atoms with Crippen LogP contribution in [-0.2, 0) is 19.6 Å². The summed E-state index contributed by atoms with van der Waals surface area (Å²) >= 11 is 0. The number of nitrogens with one attached hydrogen (secondary N) is 1. The molecule has 1 N–H and O–H groups in total. The Morgan fingerprint density at radius 2 is 1.50 bits per heavy atom. The second-order valence-corrected chi connectivity index (χ2v) is 8.96. The maximum absolute atomic E-state index is 13.4. The SMILES string of the molecule is CCOC(=O)c1ccc(NC(=O)CN(c2ccccc2)S(=O)(=O)c2ccc(OCC)cc2)cc1. The Morgan fingerprint density at radius 3 is 2.09 bits per heavy atom. The molecule has 0 unspecified atom stereocenters. The van der Waals surface area contributed by atoms with E-state index in [1.807, 2.05) is 6.92 Å². The largest absolute Gasteiger partial charge is 0.494 e. The van der Waals surface area contributed by atoms with E-state index in [0.717, 1.165) is 4.31 Å². The Labute approximate surface area is 199 Å². The van der Waals surface area contributed by atoms with Gasteiger partial charge in [0.2, 0.25) is 5.91 Å². The van der Waals surface area contributed by atoms with Crippen LogP contribution in [-0.4, -0.2) is 40.1 Å². The molecule has 3 aromatic carbocycles. The fourth-order valence-corrected chi connectivity index (χ4v) is 4.57. The summed E-state index contributed by atoms with van der Waals surface area (Å²) in [4.78, 5) is 24.6. The highest BCUT2D eigenvalue weighted by Crippen LogP contribution is 2.25. The summed E-state index contributed by atoms with van der Waals surface area (Å²) in [7, 11) is -4.04. The lowest BCUT2D eigenvalue weighted by molar-refractivity contribution is -0.114. The van der Waals surface area contributed by atoms with Crippen LogP contribution >= 0.6 is 0 Å². The first kappa shape index (κ1) is 24.8. The second kappa shape index (κ2) is 11.3. The molecule has 0 bridgehead atoms. The van der Waals surface area contributed by atoms with E-state index in [4.69, 9.17) is 9.47 Å². The number of esters is 1. The number of hydrogen-bond acceptors (Lipinski definition) is 6. The van der Waals surface area contributed by atoms with E-state index in [2.05, 4.69) is 5.32 Å². The highest BCUT2D eigenvalue weighted by Gasteiger charge is 2.27. The first-order valence-corrected chi connectivity index (χ1v) is 12.2. The number of benzene rings is 3. The molecule has 3 aromatic rings. The van der Waals surface area contributed by atoms with Gasteiger partial charge in [-0.3, -0.25) is 9.10 Å². The molecule has 0 aromatic heterocycles. The number of hydrogen-bond donors (Lipinski definition) is 1. The maximum atomic E-state index is 13.4. The van der Waals surface area contributed by atoms with Crippen molar-refractivity contribution in [1.29, 1.82) is 0 Å². The molecule has 34 heavy (non-hydrogen) atoms. The molecule has 0 heterocycles. The van der Waals surface area contributed by atoms with Crippen molar-refractivity contribution in [2.75, 3.05) is 29.4 Å². The highest BCUT2D eigenvalue weighted by atomic mass is 32.2. The van der Waals surface area contributed by atoms with Crippen LogP contribution in [0.5, 0.6) is 5.75 Å². The third-order valence-electron chi connectivity index (χ3n) is 4.73. The lowest BCUT2D eigenvalue weighted by Crippen LogP contribution is -2.38. The van der Waals surface area contributed by atoms with Crippen molar-refractivity contribution >= 4 is 33.3 Å². The quantitative estimate of drug-likeness (QED) is 0.437. The van der Waals surface area contributed by atoms with E-state index in [1.54, 1.807) is 61.5 Å². The third kappa shape index (κ3) is 6.14. The molecule has 0 atom stereocenters. The van der Waals surface area contributed by atoms with Gasteiger partial charge >= 0.3 is 5.97 Å². The predicted molar refractivity (Wildman–Crippen MR) is 130 cm³/mol. The molecule has 0 saturated carbocycles. The topological polar surface area (TPSA) is 102 Å². The van der Waals surface area contributed by atoms with Gasteiger partial charge in [0.1, 0.15) is 12.3 Å². The number of amides is 1. The maximum Gasteiger partial charge on any atom is 0.338 e. The number of nitrogens with zero attached hydrogens (tertiary/aromatic N) is 1. The van der Waals surface area contributed by atoms with Gasteiger partial charge in [-0.1, -0.05) is 18.2 Å². The zero-order valence-electron chi connectivity index (χ0n) is 18.9. The molecule has 0 radical (unpaired) electrons. The number of carbonyl (C=O) groups is 2. The minimum Gasteiger partial charge on any atom is -0.494 e. The van der Waals surface area contributed by atoms with Crippen LogP contribution in [0.3, 0.4) is 0 Å². The summed E-state index contributed by atoms with van der Waals surface area (Å²) in [5.74, 6) is -0.448. The van der Waals surface area contributed by atoms with Crippen molar-refractivity contribution in [3.8, 4) is 5.75 Å². The first-order chi connectivity index (χ1) is 16.3. The van der Waals surface area contributed by atoms with Gasteiger partial charge in [-0.25, -0.2) is 13.2 Å². The van der Waals surface area contributed by atoms with Crippen LogP contribution in [0, 0.1) is 0 Å². The molecule has 0 aliphatic heterocycles. The van der Waals surface area contributed by atoms with Crippen LogP contribution in [0.4, 0.5) is 11.4 Å². The van der Waals surface area contributed by atoms with Crippen LogP contribution < -0.4 is 14.4 Å². The number of sulfonamides is 1. The van der Waals surface area contributed by atoms with Gasteiger partial charge in [-0.15, -0.1) is 0 Å². The standard InChI is InChI=1S/C25H26N2O6S/c1-3-32-22-14-16-23(17-15-22)34(30,31)27(21-8-6-5-7-9-21)18-24(28)26-20-12-10-19(11-13-20)25(29)33-4-2/h5-17H,3-4,18H2,1-2H3,(H,26,28). The molecular weight excluding hydrogens is 456 g/mol. The molecule has 1 amide bonds. The summed E-state index contributed by atoms with van der Waals surface area (Å²) in [6, 6.07) is 20.6. The average molecular weight is 483 g/mol. The molecular formula is C25H26N2O6S. The van der Waals surface area contributed by atoms with E-state index in [1.165, 1.54) is 24.3 Å². The van der Waals surface area contributed by atoms with E-state index in [0.29, 0.717) is 29.3 Å². The number of ether oxygens (including phenoxy) is 2. The molecule has 0 aliphatic rings. The summed E-state index contributed by atoms with van der Waals surface area (Å²) in [6.07, 6.45) is 0. The van der Waals surface area contributed by atoms with Gasteiger partial charge in [-0.05, 0) is 74.5 Å². The number of rotatable bonds is 10. The van der Waals surface area contributed by atoms with Crippen molar-refractivity contribution in [3.63, 3.8) is 0 Å². The molecule has 3 rings (SSSR count). The summed E-state index contributed by atoms with van der Waals surface area (Å²) in [5, 5.41) is 2.67. The van der Waals surface area contributed by atoms with E-state index in [-0.39, 0.29) is 11.5 Å². The fourth-order valence-electron chi connectivity index (χ4n) is 3.15. The Bertz CT molecular complexity index is 1210. The first-order valence-electron chi connectivity index (χ1n) is 10.7. The van der Waals surface area contributed by atoms with Crippen molar-refractivity contribution in [3.05, 3.63) is 84.4 Å². The molecule has 0 spiro atoms. The van der Waals surface area contributed by atoms with Crippen molar-refractivity contribution in [2.24, 2.45) is 0 Å². The molecule has 8 nitrogen and oxygen atoms in total. The summed E-state index contributed by atoms with van der Waals surface area (Å²) < 4.78 is 38.2. The van der Waals surface area contributed by atoms with Gasteiger partial charge in [0, 0.05) is 5.69 Å². The number of carbonyl (C=O) groups excluding carboxylic acids is 2. The lowest BCUT2D eigenvalue weighted by Gasteiger charge is -2.24. The van der Waals surface area contributed by atoms with Gasteiger partial charge in [0.05, 0.1) is 29.4 Å². The van der Waals surface area contributed by atoms with Gasteiger partial charge in [0.15, 0.2) is 0 Å². The Hall–Kier alpha value is -3.85. The van der Waals surface area contributed by atoms with Crippen LogP contribution in [0.25, 0.3) is 0 Å². The predicted octanol–water partition coefficient (Wildman–Crippen LogP) is 4.10. The molecule has 0 aliphatic carbocycles. The Balaban J connectivity index is 1.81. The smallest absolute Gasteiger partial charge is 0.338 e. The van der Waals surface area contributed by atoms with Crippen LogP contribution in [0.2, 0.25) is 0 Å². The van der Waals surface area contributed by atoms with Gasteiger partial charge in [-0.2, -0.15) is 0 Å². The second-order valence-electron chi connectivity index (χ2n) is 7.10. The van der Waals surface area contributed by atoms with Gasteiger partial charge in [0.25, 0.3) is 10.0 Å². The normalized spacial score (nSPS) is 10.9. The summed E-state index contributed by atoms with van der Waals surface area (Å²) in [6.45, 7) is 3.83. The van der Waals surface area contributed by atoms with E-state index < -0.39 is 28.4 Å². The van der Waals surface area contributed by atoms with Crippen molar-refractivity contribution in [1.82, 2.24) is 0 Å². The minimum atomic E-state index is -4.04. The minimum absolute atomic E-state index is 0.0337. The van der Waals surface area contributed by atoms with E-state index in [9.17, 15) is 18.0 Å². The Kier molecular flexibility index (Phi) is 8.26. The van der Waals surface area contributed by atoms with Crippen molar-refractivity contribution < 1.29 is 27.5 Å². The van der Waals surface area contributed by atoms with Crippen LogP contribution in [0.15, 0.2) is 83.8 Å². The zero-order valence-corrected chi connectivity index (χ0v) is 19.7. The number of para-hydroxylation sites is 1. The zero-order chi connectivity index (χ0) is 24.6. The monoisotopic (exact) mass is 482 g/mol. The lowest BCUT2D eigenvalue weighted by atomic mass is 10.2. The number of anilines is 2. The highest BCUT2D eigenvalue weighted by molar-refractivity contribution is 7.92. The van der Waals surface area contributed by atoms with Crippen molar-refractivity contribution in [2.45, 2.75) is 18.7 Å². The third-order valence-corrected chi connectivity index (χ3v) is 6.52. The molecule has 178 valence electrons. The summed E-state index contributed by atoms with van der Waals surface area (Å²) in [5.41, 5.74) is 1.12. The molecule has 0 fully saturated rings. The van der Waals surface area contributed by atoms with E-state index >= 15 is 0 Å². The Morgan fingerprint density at radius 1 is 0.853 bits per heavy atom.